The van der Waals surface area contributed by atoms with E-state index in [1.54, 1.807) is 23.1 Å². The van der Waals surface area contributed by atoms with Gasteiger partial charge in [-0.25, -0.2) is 8.78 Å². The molecule has 26 heavy (non-hydrogen) atoms. The zero-order valence-electron chi connectivity index (χ0n) is 14.7. The summed E-state index contributed by atoms with van der Waals surface area (Å²) in [4.78, 5) is 14.2. The van der Waals surface area contributed by atoms with Gasteiger partial charge in [0.15, 0.2) is 17.4 Å². The number of morpholine rings is 1. The van der Waals surface area contributed by atoms with Crippen molar-refractivity contribution in [1.29, 1.82) is 0 Å². The summed E-state index contributed by atoms with van der Waals surface area (Å²) in [6.45, 7) is 3.95. The van der Waals surface area contributed by atoms with Crippen LogP contribution in [0.4, 0.5) is 14.5 Å². The maximum absolute atomic E-state index is 14.9. The lowest BCUT2D eigenvalue weighted by Gasteiger charge is -2.38. The number of carbonyl (C=O) groups is 1. The Kier molecular flexibility index (Phi) is 5.34. The second kappa shape index (κ2) is 7.51. The number of hydrogen-bond acceptors (Lipinski definition) is 4. The second-order valence-corrected chi connectivity index (χ2v) is 6.58. The molecule has 2 unspecified atom stereocenters. The van der Waals surface area contributed by atoms with Crippen LogP contribution >= 0.6 is 0 Å². The topological polar surface area (TPSA) is 49.8 Å². The minimum absolute atomic E-state index is 0.00314. The van der Waals surface area contributed by atoms with Crippen LogP contribution in [0.2, 0.25) is 0 Å². The molecule has 0 saturated carbocycles. The van der Waals surface area contributed by atoms with E-state index in [1.165, 1.54) is 18.2 Å². The second-order valence-electron chi connectivity index (χ2n) is 6.58. The summed E-state index contributed by atoms with van der Waals surface area (Å²) in [6, 6.07) is 9.36. The van der Waals surface area contributed by atoms with E-state index >= 15 is 0 Å². The fourth-order valence-electron chi connectivity index (χ4n) is 3.40. The molecule has 0 spiro atoms. The van der Waals surface area contributed by atoms with Crippen molar-refractivity contribution in [2.75, 3.05) is 18.0 Å². The molecule has 1 heterocycles. The molecule has 0 aliphatic carbocycles. The molecule has 1 N–H and O–H groups in total. The highest BCUT2D eigenvalue weighted by Crippen LogP contribution is 2.32. The lowest BCUT2D eigenvalue weighted by atomic mass is 9.98. The summed E-state index contributed by atoms with van der Waals surface area (Å²) >= 11 is 0. The number of halogens is 2. The molecule has 0 radical (unpaired) electrons. The standard InChI is InChI=1S/C20H21F2NO3/c1-12-9-23(10-13(2)26-12)19-15(11-24)8-16(17(21)18(19)22)20(25)14-6-4-3-5-7-14/h3-8,12-13,24H,9-11H2,1-2H3. The van der Waals surface area contributed by atoms with E-state index in [0.717, 1.165) is 0 Å². The van der Waals surface area contributed by atoms with Crippen molar-refractivity contribution in [3.63, 3.8) is 0 Å². The average molecular weight is 361 g/mol. The fourth-order valence-corrected chi connectivity index (χ4v) is 3.40. The zero-order valence-corrected chi connectivity index (χ0v) is 14.7. The Morgan fingerprint density at radius 3 is 2.35 bits per heavy atom. The van der Waals surface area contributed by atoms with E-state index in [9.17, 15) is 18.7 Å². The van der Waals surface area contributed by atoms with Gasteiger partial charge in [0, 0.05) is 24.2 Å². The number of nitrogens with zero attached hydrogens (tertiary/aromatic N) is 1. The minimum atomic E-state index is -1.20. The van der Waals surface area contributed by atoms with Crippen LogP contribution in [-0.4, -0.2) is 36.2 Å². The van der Waals surface area contributed by atoms with E-state index in [-0.39, 0.29) is 34.6 Å². The van der Waals surface area contributed by atoms with Gasteiger partial charge in [0.25, 0.3) is 0 Å². The van der Waals surface area contributed by atoms with Crippen LogP contribution in [0.15, 0.2) is 36.4 Å². The Bertz CT molecular complexity index is 800. The number of anilines is 1. The number of hydrogen-bond donors (Lipinski definition) is 1. The van der Waals surface area contributed by atoms with Crippen LogP contribution in [0.3, 0.4) is 0 Å². The molecular weight excluding hydrogens is 340 g/mol. The molecule has 1 saturated heterocycles. The highest BCUT2D eigenvalue weighted by molar-refractivity contribution is 6.09. The third-order valence-electron chi connectivity index (χ3n) is 4.45. The number of ketones is 1. The minimum Gasteiger partial charge on any atom is -0.392 e. The first-order valence-corrected chi connectivity index (χ1v) is 8.54. The number of benzene rings is 2. The molecular formula is C20H21F2NO3. The van der Waals surface area contributed by atoms with Gasteiger partial charge in [-0.1, -0.05) is 30.3 Å². The smallest absolute Gasteiger partial charge is 0.196 e. The highest BCUT2D eigenvalue weighted by Gasteiger charge is 2.30. The quantitative estimate of drug-likeness (QED) is 0.849. The first kappa shape index (κ1) is 18.5. The summed E-state index contributed by atoms with van der Waals surface area (Å²) in [6.07, 6.45) is -0.309. The Morgan fingerprint density at radius 2 is 1.77 bits per heavy atom. The molecule has 1 aliphatic heterocycles. The summed E-state index contributed by atoms with van der Waals surface area (Å²) in [7, 11) is 0. The molecule has 4 nitrogen and oxygen atoms in total. The van der Waals surface area contributed by atoms with Gasteiger partial charge < -0.3 is 14.7 Å². The van der Waals surface area contributed by atoms with E-state index in [2.05, 4.69) is 0 Å². The van der Waals surface area contributed by atoms with Crippen LogP contribution < -0.4 is 4.90 Å². The Labute approximate surface area is 151 Å². The lowest BCUT2D eigenvalue weighted by Crippen LogP contribution is -2.46. The number of carbonyl (C=O) groups excluding carboxylic acids is 1. The Balaban J connectivity index is 2.06. The van der Waals surface area contributed by atoms with Crippen LogP contribution in [0.1, 0.15) is 35.3 Å². The Hall–Kier alpha value is -2.31. The lowest BCUT2D eigenvalue weighted by molar-refractivity contribution is -0.00554. The predicted octanol–water partition coefficient (Wildman–Crippen LogP) is 3.30. The highest BCUT2D eigenvalue weighted by atomic mass is 19.2. The van der Waals surface area contributed by atoms with Gasteiger partial charge in [0.2, 0.25) is 0 Å². The van der Waals surface area contributed by atoms with Crippen LogP contribution in [-0.2, 0) is 11.3 Å². The molecule has 0 amide bonds. The van der Waals surface area contributed by atoms with Gasteiger partial charge in [-0.15, -0.1) is 0 Å². The van der Waals surface area contributed by atoms with Gasteiger partial charge in [0.05, 0.1) is 30.1 Å². The first-order chi connectivity index (χ1) is 12.4. The molecule has 0 aromatic heterocycles. The molecule has 0 bridgehead atoms. The van der Waals surface area contributed by atoms with Crippen molar-refractivity contribution in [3.8, 4) is 0 Å². The van der Waals surface area contributed by atoms with Crippen LogP contribution in [0, 0.1) is 11.6 Å². The molecule has 2 aromatic rings. The summed E-state index contributed by atoms with van der Waals surface area (Å²) in [5.74, 6) is -2.93. The SMILES string of the molecule is CC1CN(c2c(CO)cc(C(=O)c3ccccc3)c(F)c2F)CC(C)O1. The predicted molar refractivity (Wildman–Crippen MR) is 94.4 cm³/mol. The molecule has 2 aromatic carbocycles. The molecule has 2 atom stereocenters. The molecule has 1 aliphatic rings. The van der Waals surface area contributed by atoms with Crippen molar-refractivity contribution < 1.29 is 23.4 Å². The number of rotatable bonds is 4. The van der Waals surface area contributed by atoms with Crippen molar-refractivity contribution in [2.24, 2.45) is 0 Å². The molecule has 3 rings (SSSR count). The van der Waals surface area contributed by atoms with Gasteiger partial charge >= 0.3 is 0 Å². The van der Waals surface area contributed by atoms with Crippen molar-refractivity contribution in [3.05, 3.63) is 64.7 Å². The maximum Gasteiger partial charge on any atom is 0.196 e. The van der Waals surface area contributed by atoms with Crippen LogP contribution in [0.5, 0.6) is 0 Å². The number of aliphatic hydroxyl groups is 1. The molecule has 6 heteroatoms. The van der Waals surface area contributed by atoms with Gasteiger partial charge in [0.1, 0.15) is 0 Å². The van der Waals surface area contributed by atoms with E-state index in [0.29, 0.717) is 13.1 Å². The van der Waals surface area contributed by atoms with E-state index in [1.807, 2.05) is 13.8 Å². The maximum atomic E-state index is 14.9. The molecule has 138 valence electrons. The van der Waals surface area contributed by atoms with Crippen molar-refractivity contribution in [2.45, 2.75) is 32.7 Å². The van der Waals surface area contributed by atoms with Gasteiger partial charge in [-0.3, -0.25) is 4.79 Å². The fraction of sp³-hybridized carbons (Fsp3) is 0.350. The number of ether oxygens (including phenoxy) is 1. The van der Waals surface area contributed by atoms with Crippen molar-refractivity contribution >= 4 is 11.5 Å². The summed E-state index contributed by atoms with van der Waals surface area (Å²) in [5, 5.41) is 9.71. The summed E-state index contributed by atoms with van der Waals surface area (Å²) in [5.41, 5.74) is 0.0630. The molecule has 1 fully saturated rings. The van der Waals surface area contributed by atoms with Crippen LogP contribution in [0.25, 0.3) is 0 Å². The van der Waals surface area contributed by atoms with E-state index < -0.39 is 24.0 Å². The van der Waals surface area contributed by atoms with Crippen molar-refractivity contribution in [1.82, 2.24) is 0 Å². The third-order valence-corrected chi connectivity index (χ3v) is 4.45. The first-order valence-electron chi connectivity index (χ1n) is 8.54. The van der Waals surface area contributed by atoms with Gasteiger partial charge in [-0.05, 0) is 19.9 Å². The largest absolute Gasteiger partial charge is 0.392 e. The van der Waals surface area contributed by atoms with E-state index in [4.69, 9.17) is 4.74 Å². The average Bonchev–Trinajstić information content (AvgIpc) is 2.63. The Morgan fingerprint density at radius 1 is 1.15 bits per heavy atom. The zero-order chi connectivity index (χ0) is 18.8. The normalized spacial score (nSPS) is 20.3. The summed E-state index contributed by atoms with van der Waals surface area (Å²) < 4.78 is 35.3. The third kappa shape index (κ3) is 3.48. The monoisotopic (exact) mass is 361 g/mol. The number of aliphatic hydroxyl groups excluding tert-OH is 1. The van der Waals surface area contributed by atoms with Gasteiger partial charge in [-0.2, -0.15) is 0 Å².